The number of carbonyl (C=O) groups is 2. The Morgan fingerprint density at radius 3 is 2.17 bits per heavy atom. The molecule has 1 N–H and O–H groups in total. The van der Waals surface area contributed by atoms with E-state index in [1.165, 1.54) is 0 Å². The van der Waals surface area contributed by atoms with Gasteiger partial charge >= 0.3 is 5.97 Å². The van der Waals surface area contributed by atoms with Crippen molar-refractivity contribution in [1.82, 2.24) is 9.80 Å². The highest BCUT2D eigenvalue weighted by molar-refractivity contribution is 5.85. The van der Waals surface area contributed by atoms with Gasteiger partial charge in [-0.05, 0) is 5.92 Å². The summed E-state index contributed by atoms with van der Waals surface area (Å²) in [4.78, 5) is 26.2. The quantitative estimate of drug-likeness (QED) is 0.817. The minimum atomic E-state index is -0.761. The average molecular weight is 279 g/mol. The van der Waals surface area contributed by atoms with E-state index in [1.807, 2.05) is 18.7 Å². The van der Waals surface area contributed by atoms with Gasteiger partial charge in [0.15, 0.2) is 0 Å². The van der Waals surface area contributed by atoms with Gasteiger partial charge in [0.2, 0.25) is 5.91 Å². The molecule has 0 spiro atoms. The van der Waals surface area contributed by atoms with Gasteiger partial charge in [-0.3, -0.25) is 14.5 Å². The Kier molecular flexibility index (Phi) is 7.95. The zero-order chi connectivity index (χ0) is 12.8. The van der Waals surface area contributed by atoms with E-state index in [0.717, 1.165) is 26.2 Å². The van der Waals surface area contributed by atoms with E-state index in [4.69, 9.17) is 5.11 Å². The van der Waals surface area contributed by atoms with Gasteiger partial charge in [0.05, 0.1) is 6.42 Å². The SMILES string of the molecule is CC(C)CC(=O)N1CCN(CCC(=O)O)CC1.Cl. The second-order valence-electron chi connectivity index (χ2n) is 4.96. The zero-order valence-electron chi connectivity index (χ0n) is 11.1. The number of carbonyl (C=O) groups excluding carboxylic acids is 1. The van der Waals surface area contributed by atoms with Gasteiger partial charge in [-0.15, -0.1) is 12.4 Å². The molecule has 0 aromatic heterocycles. The predicted molar refractivity (Wildman–Crippen MR) is 72.0 cm³/mol. The first kappa shape index (κ1) is 17.2. The number of halogens is 1. The van der Waals surface area contributed by atoms with Crippen molar-refractivity contribution in [3.8, 4) is 0 Å². The number of hydrogen-bond acceptors (Lipinski definition) is 3. The summed E-state index contributed by atoms with van der Waals surface area (Å²) in [5.41, 5.74) is 0. The highest BCUT2D eigenvalue weighted by Gasteiger charge is 2.21. The Labute approximate surface area is 115 Å². The second kappa shape index (κ2) is 8.32. The van der Waals surface area contributed by atoms with Crippen LogP contribution in [-0.4, -0.2) is 59.5 Å². The van der Waals surface area contributed by atoms with Crippen LogP contribution in [0.25, 0.3) is 0 Å². The van der Waals surface area contributed by atoms with E-state index in [2.05, 4.69) is 4.90 Å². The van der Waals surface area contributed by atoms with Gasteiger partial charge in [0.25, 0.3) is 0 Å². The van der Waals surface area contributed by atoms with E-state index in [-0.39, 0.29) is 24.7 Å². The van der Waals surface area contributed by atoms with Crippen LogP contribution in [-0.2, 0) is 9.59 Å². The standard InChI is InChI=1S/C12H22N2O3.ClH/c1-10(2)9-11(15)14-7-5-13(6-8-14)4-3-12(16)17;/h10H,3-9H2,1-2H3,(H,16,17);1H. The Morgan fingerprint density at radius 1 is 1.17 bits per heavy atom. The maximum atomic E-state index is 11.8. The smallest absolute Gasteiger partial charge is 0.304 e. The zero-order valence-corrected chi connectivity index (χ0v) is 11.9. The van der Waals surface area contributed by atoms with Crippen LogP contribution in [0, 0.1) is 5.92 Å². The van der Waals surface area contributed by atoms with E-state index >= 15 is 0 Å². The lowest BCUT2D eigenvalue weighted by Gasteiger charge is -2.34. The van der Waals surface area contributed by atoms with Crippen LogP contribution >= 0.6 is 12.4 Å². The van der Waals surface area contributed by atoms with Crippen molar-refractivity contribution in [1.29, 1.82) is 0 Å². The first-order valence-electron chi connectivity index (χ1n) is 6.21. The summed E-state index contributed by atoms with van der Waals surface area (Å²) in [6.45, 7) is 7.70. The molecule has 0 radical (unpaired) electrons. The molecule has 1 aliphatic rings. The fourth-order valence-electron chi connectivity index (χ4n) is 1.95. The van der Waals surface area contributed by atoms with E-state index < -0.39 is 5.97 Å². The maximum absolute atomic E-state index is 11.8. The van der Waals surface area contributed by atoms with Crippen molar-refractivity contribution in [3.05, 3.63) is 0 Å². The molecule has 0 saturated carbocycles. The topological polar surface area (TPSA) is 60.9 Å². The molecule has 1 amide bonds. The summed E-state index contributed by atoms with van der Waals surface area (Å²) in [5, 5.41) is 8.59. The normalized spacial score (nSPS) is 16.5. The summed E-state index contributed by atoms with van der Waals surface area (Å²) in [7, 11) is 0. The first-order chi connectivity index (χ1) is 7.99. The molecule has 5 nitrogen and oxygen atoms in total. The summed E-state index contributed by atoms with van der Waals surface area (Å²) in [6, 6.07) is 0. The molecule has 1 heterocycles. The molecule has 6 heteroatoms. The molecule has 1 rings (SSSR count). The number of nitrogens with zero attached hydrogens (tertiary/aromatic N) is 2. The van der Waals surface area contributed by atoms with E-state index in [0.29, 0.717) is 18.9 Å². The molecule has 0 aromatic carbocycles. The summed E-state index contributed by atoms with van der Waals surface area (Å²) >= 11 is 0. The molecule has 0 unspecified atom stereocenters. The van der Waals surface area contributed by atoms with Crippen molar-refractivity contribution < 1.29 is 14.7 Å². The highest BCUT2D eigenvalue weighted by atomic mass is 35.5. The minimum absolute atomic E-state index is 0. The number of hydrogen-bond donors (Lipinski definition) is 1. The number of piperazine rings is 1. The fourth-order valence-corrected chi connectivity index (χ4v) is 1.95. The molecule has 0 aromatic rings. The van der Waals surface area contributed by atoms with Crippen molar-refractivity contribution >= 4 is 24.3 Å². The van der Waals surface area contributed by atoms with Gasteiger partial charge in [0, 0.05) is 39.1 Å². The monoisotopic (exact) mass is 278 g/mol. The Bertz CT molecular complexity index is 276. The molecule has 1 fully saturated rings. The second-order valence-corrected chi connectivity index (χ2v) is 4.96. The molecule has 0 bridgehead atoms. The third-order valence-corrected chi connectivity index (χ3v) is 2.95. The molecular weight excluding hydrogens is 256 g/mol. The van der Waals surface area contributed by atoms with Gasteiger partial charge in [0.1, 0.15) is 0 Å². The van der Waals surface area contributed by atoms with Crippen molar-refractivity contribution in [2.75, 3.05) is 32.7 Å². The molecule has 1 aliphatic heterocycles. The average Bonchev–Trinajstić information content (AvgIpc) is 2.26. The van der Waals surface area contributed by atoms with Crippen molar-refractivity contribution in [2.45, 2.75) is 26.7 Å². The maximum Gasteiger partial charge on any atom is 0.304 e. The number of amides is 1. The van der Waals surface area contributed by atoms with Crippen molar-refractivity contribution in [3.63, 3.8) is 0 Å². The van der Waals surface area contributed by atoms with Crippen LogP contribution in [0.3, 0.4) is 0 Å². The molecule has 0 atom stereocenters. The largest absolute Gasteiger partial charge is 0.481 e. The van der Waals surface area contributed by atoms with Crippen LogP contribution in [0.4, 0.5) is 0 Å². The lowest BCUT2D eigenvalue weighted by atomic mass is 10.1. The van der Waals surface area contributed by atoms with Crippen LogP contribution in [0.15, 0.2) is 0 Å². The van der Waals surface area contributed by atoms with Gasteiger partial charge in [-0.2, -0.15) is 0 Å². The number of carboxylic acids is 1. The van der Waals surface area contributed by atoms with Crippen LogP contribution in [0.1, 0.15) is 26.7 Å². The van der Waals surface area contributed by atoms with Gasteiger partial charge in [-0.1, -0.05) is 13.8 Å². The molecule has 1 saturated heterocycles. The molecule has 0 aliphatic carbocycles. The van der Waals surface area contributed by atoms with Gasteiger partial charge < -0.3 is 10.0 Å². The Hall–Kier alpha value is -0.810. The van der Waals surface area contributed by atoms with E-state index in [9.17, 15) is 9.59 Å². The molecule has 18 heavy (non-hydrogen) atoms. The summed E-state index contributed by atoms with van der Waals surface area (Å²) < 4.78 is 0. The van der Waals surface area contributed by atoms with Crippen LogP contribution in [0.5, 0.6) is 0 Å². The van der Waals surface area contributed by atoms with Crippen LogP contribution < -0.4 is 0 Å². The highest BCUT2D eigenvalue weighted by Crippen LogP contribution is 2.08. The Balaban J connectivity index is 0.00000289. The van der Waals surface area contributed by atoms with Crippen molar-refractivity contribution in [2.24, 2.45) is 5.92 Å². The van der Waals surface area contributed by atoms with E-state index in [1.54, 1.807) is 0 Å². The van der Waals surface area contributed by atoms with Crippen LogP contribution in [0.2, 0.25) is 0 Å². The fraction of sp³-hybridized carbons (Fsp3) is 0.833. The third-order valence-electron chi connectivity index (χ3n) is 2.95. The Morgan fingerprint density at radius 2 is 1.72 bits per heavy atom. The summed E-state index contributed by atoms with van der Waals surface area (Å²) in [6.07, 6.45) is 0.787. The lowest BCUT2D eigenvalue weighted by molar-refractivity contribution is -0.138. The molecular formula is C12H23ClN2O3. The lowest BCUT2D eigenvalue weighted by Crippen LogP contribution is -2.49. The third kappa shape index (κ3) is 6.21. The van der Waals surface area contributed by atoms with Gasteiger partial charge in [-0.25, -0.2) is 0 Å². The first-order valence-corrected chi connectivity index (χ1v) is 6.21. The minimum Gasteiger partial charge on any atom is -0.481 e. The summed E-state index contributed by atoms with van der Waals surface area (Å²) in [5.74, 6) is -0.145. The predicted octanol–water partition coefficient (Wildman–Crippen LogP) is 1.07. The molecule has 106 valence electrons. The number of carboxylic acid groups (broad SMARTS) is 1. The number of rotatable bonds is 5. The number of aliphatic carboxylic acids is 1.